The van der Waals surface area contributed by atoms with Gasteiger partial charge in [-0.1, -0.05) is 25.8 Å². The molecule has 0 heterocycles. The quantitative estimate of drug-likeness (QED) is 0.496. The molecule has 0 aliphatic rings. The van der Waals surface area contributed by atoms with E-state index >= 15 is 0 Å². The molecule has 0 radical (unpaired) electrons. The Hall–Kier alpha value is -0.790. The Morgan fingerprint density at radius 2 is 2.08 bits per heavy atom. The van der Waals surface area contributed by atoms with E-state index in [1.165, 1.54) is 6.42 Å². The first-order valence-electron chi connectivity index (χ1n) is 4.67. The summed E-state index contributed by atoms with van der Waals surface area (Å²) in [6.07, 6.45) is 5.36. The molecule has 0 saturated heterocycles. The van der Waals surface area contributed by atoms with Gasteiger partial charge < -0.3 is 5.32 Å². The van der Waals surface area contributed by atoms with Crippen LogP contribution in [0.15, 0.2) is 11.6 Å². The second-order valence-corrected chi connectivity index (χ2v) is 2.89. The molecule has 0 bridgehead atoms. The predicted molar refractivity (Wildman–Crippen MR) is 52.0 cm³/mol. The van der Waals surface area contributed by atoms with Crippen LogP contribution in [0.25, 0.3) is 0 Å². The van der Waals surface area contributed by atoms with Crippen molar-refractivity contribution in [3.8, 4) is 0 Å². The maximum absolute atomic E-state index is 11.2. The van der Waals surface area contributed by atoms with Gasteiger partial charge >= 0.3 is 0 Å². The van der Waals surface area contributed by atoms with Gasteiger partial charge in [-0.05, 0) is 20.3 Å². The molecule has 2 heteroatoms. The first-order chi connectivity index (χ1) is 5.72. The summed E-state index contributed by atoms with van der Waals surface area (Å²) in [7, 11) is 0. The van der Waals surface area contributed by atoms with Crippen LogP contribution in [0.5, 0.6) is 0 Å². The summed E-state index contributed by atoms with van der Waals surface area (Å²) in [4.78, 5) is 11.2. The Balaban J connectivity index is 3.74. The molecule has 1 amide bonds. The lowest BCUT2D eigenvalue weighted by Crippen LogP contribution is -2.23. The lowest BCUT2D eigenvalue weighted by molar-refractivity contribution is -0.117. The second-order valence-electron chi connectivity index (χ2n) is 2.89. The molecule has 12 heavy (non-hydrogen) atoms. The van der Waals surface area contributed by atoms with Crippen LogP contribution in [0.4, 0.5) is 0 Å². The number of allylic oxidation sites excluding steroid dienone is 1. The van der Waals surface area contributed by atoms with E-state index in [0.29, 0.717) is 6.54 Å². The molecular weight excluding hydrogens is 150 g/mol. The van der Waals surface area contributed by atoms with Gasteiger partial charge in [-0.25, -0.2) is 0 Å². The molecule has 0 atom stereocenters. The molecule has 0 aliphatic heterocycles. The maximum Gasteiger partial charge on any atom is 0.246 e. The smallest absolute Gasteiger partial charge is 0.246 e. The topological polar surface area (TPSA) is 29.1 Å². The first kappa shape index (κ1) is 11.2. The van der Waals surface area contributed by atoms with Gasteiger partial charge in [-0.2, -0.15) is 0 Å². The number of rotatable bonds is 5. The summed E-state index contributed by atoms with van der Waals surface area (Å²) >= 11 is 0. The number of hydrogen-bond acceptors (Lipinski definition) is 1. The Kier molecular flexibility index (Phi) is 6.44. The number of amides is 1. The van der Waals surface area contributed by atoms with Gasteiger partial charge in [0.05, 0.1) is 0 Å². The summed E-state index contributed by atoms with van der Waals surface area (Å²) in [6, 6.07) is 0. The molecule has 1 N–H and O–H groups in total. The van der Waals surface area contributed by atoms with Crippen LogP contribution in [0, 0.1) is 0 Å². The number of carbonyl (C=O) groups excluding carboxylic acids is 1. The van der Waals surface area contributed by atoms with Gasteiger partial charge in [-0.15, -0.1) is 0 Å². The van der Waals surface area contributed by atoms with Gasteiger partial charge in [0.15, 0.2) is 0 Å². The van der Waals surface area contributed by atoms with E-state index in [4.69, 9.17) is 0 Å². The average Bonchev–Trinajstić information content (AvgIpc) is 2.05. The average molecular weight is 169 g/mol. The highest BCUT2D eigenvalue weighted by Gasteiger charge is 1.99. The summed E-state index contributed by atoms with van der Waals surface area (Å²) in [5, 5.41) is 2.76. The fourth-order valence-corrected chi connectivity index (χ4v) is 0.915. The third kappa shape index (κ3) is 4.94. The van der Waals surface area contributed by atoms with Crippen molar-refractivity contribution in [2.24, 2.45) is 0 Å². The molecule has 0 aromatic carbocycles. The van der Waals surface area contributed by atoms with Crippen molar-refractivity contribution in [2.45, 2.75) is 40.0 Å². The van der Waals surface area contributed by atoms with Gasteiger partial charge in [0, 0.05) is 12.1 Å². The highest BCUT2D eigenvalue weighted by atomic mass is 16.1. The van der Waals surface area contributed by atoms with E-state index < -0.39 is 0 Å². The summed E-state index contributed by atoms with van der Waals surface area (Å²) in [5.74, 6) is 0.0635. The van der Waals surface area contributed by atoms with Crippen LogP contribution >= 0.6 is 0 Å². The number of nitrogens with one attached hydrogen (secondary N) is 1. The van der Waals surface area contributed by atoms with E-state index in [0.717, 1.165) is 18.4 Å². The third-order valence-corrected chi connectivity index (χ3v) is 1.70. The number of likely N-dealkylation sites (N-methyl/N-ethyl adjacent to an activating group) is 1. The molecule has 0 rings (SSSR count). The zero-order valence-corrected chi connectivity index (χ0v) is 8.31. The lowest BCUT2D eigenvalue weighted by atomic mass is 10.2. The number of unbranched alkanes of at least 4 members (excludes halogenated alkanes) is 2. The Morgan fingerprint density at radius 3 is 2.58 bits per heavy atom. The Morgan fingerprint density at radius 1 is 1.42 bits per heavy atom. The van der Waals surface area contributed by atoms with Gasteiger partial charge in [0.25, 0.3) is 0 Å². The largest absolute Gasteiger partial charge is 0.353 e. The van der Waals surface area contributed by atoms with E-state index in [1.807, 2.05) is 19.9 Å². The summed E-state index contributed by atoms with van der Waals surface area (Å²) in [6.45, 7) is 6.64. The fraction of sp³-hybridized carbons (Fsp3) is 0.700. The molecule has 70 valence electrons. The predicted octanol–water partition coefficient (Wildman–Crippen LogP) is 2.26. The van der Waals surface area contributed by atoms with Gasteiger partial charge in [0.2, 0.25) is 5.91 Å². The summed E-state index contributed by atoms with van der Waals surface area (Å²) < 4.78 is 0. The standard InChI is InChI=1S/C10H19NO/c1-4-6-7-8-9(3)10(12)11-5-2/h8H,4-7H2,1-3H3,(H,11,12). The normalized spacial score (nSPS) is 11.4. The van der Waals surface area contributed by atoms with Crippen molar-refractivity contribution >= 4 is 5.91 Å². The van der Waals surface area contributed by atoms with Crippen molar-refractivity contribution in [3.63, 3.8) is 0 Å². The maximum atomic E-state index is 11.2. The lowest BCUT2D eigenvalue weighted by Gasteiger charge is -2.01. The van der Waals surface area contributed by atoms with Crippen LogP contribution in [0.1, 0.15) is 40.0 Å². The number of carbonyl (C=O) groups is 1. The Bertz CT molecular complexity index is 161. The number of hydrogen-bond donors (Lipinski definition) is 1. The van der Waals surface area contributed by atoms with Crippen LogP contribution in [0.2, 0.25) is 0 Å². The van der Waals surface area contributed by atoms with E-state index in [1.54, 1.807) is 0 Å². The summed E-state index contributed by atoms with van der Waals surface area (Å²) in [5.41, 5.74) is 0.838. The molecule has 2 nitrogen and oxygen atoms in total. The molecule has 0 aromatic rings. The minimum absolute atomic E-state index is 0.0635. The van der Waals surface area contributed by atoms with Crippen molar-refractivity contribution in [3.05, 3.63) is 11.6 Å². The van der Waals surface area contributed by atoms with E-state index in [2.05, 4.69) is 12.2 Å². The minimum Gasteiger partial charge on any atom is -0.353 e. The third-order valence-electron chi connectivity index (χ3n) is 1.70. The molecule has 0 aliphatic carbocycles. The molecule has 0 aromatic heterocycles. The molecule has 0 saturated carbocycles. The van der Waals surface area contributed by atoms with Gasteiger partial charge in [-0.3, -0.25) is 4.79 Å². The SMILES string of the molecule is CCCCC=C(C)C(=O)NCC. The monoisotopic (exact) mass is 169 g/mol. The second kappa shape index (κ2) is 6.89. The van der Waals surface area contributed by atoms with Crippen molar-refractivity contribution in [2.75, 3.05) is 6.54 Å². The van der Waals surface area contributed by atoms with Crippen molar-refractivity contribution in [1.29, 1.82) is 0 Å². The molecule has 0 unspecified atom stereocenters. The van der Waals surface area contributed by atoms with Gasteiger partial charge in [0.1, 0.15) is 0 Å². The van der Waals surface area contributed by atoms with Crippen LogP contribution < -0.4 is 5.32 Å². The zero-order chi connectivity index (χ0) is 9.40. The first-order valence-corrected chi connectivity index (χ1v) is 4.67. The molecule has 0 fully saturated rings. The molecule has 0 spiro atoms. The Labute approximate surface area is 75.0 Å². The molecular formula is C10H19NO. The zero-order valence-electron chi connectivity index (χ0n) is 8.31. The van der Waals surface area contributed by atoms with Crippen LogP contribution in [0.3, 0.4) is 0 Å². The fourth-order valence-electron chi connectivity index (χ4n) is 0.915. The highest BCUT2D eigenvalue weighted by Crippen LogP contribution is 2.00. The van der Waals surface area contributed by atoms with Crippen molar-refractivity contribution < 1.29 is 4.79 Å². The van der Waals surface area contributed by atoms with Crippen LogP contribution in [-0.4, -0.2) is 12.5 Å². The van der Waals surface area contributed by atoms with E-state index in [-0.39, 0.29) is 5.91 Å². The highest BCUT2D eigenvalue weighted by molar-refractivity contribution is 5.92. The van der Waals surface area contributed by atoms with Crippen LogP contribution in [-0.2, 0) is 4.79 Å². The minimum atomic E-state index is 0.0635. The van der Waals surface area contributed by atoms with Crippen molar-refractivity contribution in [1.82, 2.24) is 5.32 Å². The van der Waals surface area contributed by atoms with E-state index in [9.17, 15) is 4.79 Å².